The van der Waals surface area contributed by atoms with E-state index in [1.54, 1.807) is 6.33 Å². The van der Waals surface area contributed by atoms with Gasteiger partial charge >= 0.3 is 0 Å². The Balaban J connectivity index is 2.25. The zero-order chi connectivity index (χ0) is 8.81. The molecule has 1 rings (SSSR count). The van der Waals surface area contributed by atoms with Crippen LogP contribution in [0.3, 0.4) is 0 Å². The molecule has 0 atom stereocenters. The maximum absolute atomic E-state index is 3.96. The van der Waals surface area contributed by atoms with E-state index in [2.05, 4.69) is 29.1 Å². The molecule has 0 radical (unpaired) electrons. The summed E-state index contributed by atoms with van der Waals surface area (Å²) in [6.07, 6.45) is 5.94. The van der Waals surface area contributed by atoms with Crippen LogP contribution in [0.15, 0.2) is 12.5 Å². The van der Waals surface area contributed by atoms with Gasteiger partial charge in [-0.2, -0.15) is 0 Å². The molecule has 0 bridgehead atoms. The molecule has 0 amide bonds. The molecule has 0 unspecified atom stereocenters. The van der Waals surface area contributed by atoms with Crippen LogP contribution >= 0.6 is 0 Å². The van der Waals surface area contributed by atoms with E-state index in [0.29, 0.717) is 6.04 Å². The van der Waals surface area contributed by atoms with E-state index in [-0.39, 0.29) is 0 Å². The molecule has 0 fully saturated rings. The Morgan fingerprint density at radius 3 is 2.75 bits per heavy atom. The van der Waals surface area contributed by atoms with Gasteiger partial charge < -0.3 is 10.3 Å². The quantitative estimate of drug-likeness (QED) is 0.700. The van der Waals surface area contributed by atoms with E-state index in [4.69, 9.17) is 0 Å². The fourth-order valence-corrected chi connectivity index (χ4v) is 1.21. The third-order valence-corrected chi connectivity index (χ3v) is 2.12. The van der Waals surface area contributed by atoms with Gasteiger partial charge in [0.25, 0.3) is 0 Å². The molecule has 0 aromatic carbocycles. The molecule has 0 aliphatic carbocycles. The summed E-state index contributed by atoms with van der Waals surface area (Å²) in [5.41, 5.74) is 1.15. The lowest BCUT2D eigenvalue weighted by Crippen LogP contribution is -2.27. The van der Waals surface area contributed by atoms with E-state index in [1.807, 2.05) is 6.20 Å². The van der Waals surface area contributed by atoms with Crippen molar-refractivity contribution < 1.29 is 0 Å². The van der Waals surface area contributed by atoms with Crippen LogP contribution in [0.4, 0.5) is 0 Å². The summed E-state index contributed by atoms with van der Waals surface area (Å²) in [4.78, 5) is 7.02. The van der Waals surface area contributed by atoms with Crippen LogP contribution in [0.25, 0.3) is 0 Å². The molecule has 0 saturated carbocycles. The van der Waals surface area contributed by atoms with Crippen molar-refractivity contribution in [3.63, 3.8) is 0 Å². The number of aromatic nitrogens is 2. The number of rotatable bonds is 5. The Morgan fingerprint density at radius 1 is 1.50 bits per heavy atom. The standard InChI is InChI=1S/C9H17N3/c1-3-8(4-2)11-6-9-5-10-7-12-9/h5,7-8,11H,3-4,6H2,1-2H3,(H,10,12). The number of nitrogens with one attached hydrogen (secondary N) is 2. The molecule has 68 valence electrons. The average Bonchev–Trinajstić information content (AvgIpc) is 2.59. The van der Waals surface area contributed by atoms with E-state index >= 15 is 0 Å². The SMILES string of the molecule is CCC(CC)NCc1cnc[nH]1. The Labute approximate surface area is 73.6 Å². The van der Waals surface area contributed by atoms with Crippen molar-refractivity contribution in [1.82, 2.24) is 15.3 Å². The van der Waals surface area contributed by atoms with Crippen molar-refractivity contribution in [2.75, 3.05) is 0 Å². The molecular formula is C9H17N3. The first-order valence-electron chi connectivity index (χ1n) is 4.57. The molecular weight excluding hydrogens is 150 g/mol. The van der Waals surface area contributed by atoms with E-state index in [1.165, 1.54) is 12.8 Å². The van der Waals surface area contributed by atoms with Gasteiger partial charge in [-0.25, -0.2) is 4.98 Å². The van der Waals surface area contributed by atoms with Crippen LogP contribution in [-0.4, -0.2) is 16.0 Å². The molecule has 0 saturated heterocycles. The second-order valence-corrected chi connectivity index (χ2v) is 2.97. The highest BCUT2D eigenvalue weighted by Gasteiger charge is 2.01. The zero-order valence-electron chi connectivity index (χ0n) is 7.80. The summed E-state index contributed by atoms with van der Waals surface area (Å²) in [7, 11) is 0. The minimum Gasteiger partial charge on any atom is -0.347 e. The third-order valence-electron chi connectivity index (χ3n) is 2.12. The van der Waals surface area contributed by atoms with E-state index < -0.39 is 0 Å². The summed E-state index contributed by atoms with van der Waals surface area (Å²) in [6.45, 7) is 5.30. The molecule has 2 N–H and O–H groups in total. The molecule has 0 aliphatic heterocycles. The van der Waals surface area contributed by atoms with Crippen molar-refractivity contribution in [3.05, 3.63) is 18.2 Å². The maximum Gasteiger partial charge on any atom is 0.0922 e. The molecule has 0 aliphatic rings. The van der Waals surface area contributed by atoms with Gasteiger partial charge in [0.2, 0.25) is 0 Å². The van der Waals surface area contributed by atoms with Gasteiger partial charge in [-0.1, -0.05) is 13.8 Å². The smallest absolute Gasteiger partial charge is 0.0922 e. The number of H-pyrrole nitrogens is 1. The lowest BCUT2D eigenvalue weighted by atomic mass is 10.2. The minimum atomic E-state index is 0.633. The van der Waals surface area contributed by atoms with Crippen LogP contribution in [0, 0.1) is 0 Å². The second kappa shape index (κ2) is 4.93. The highest BCUT2D eigenvalue weighted by Crippen LogP contribution is 1.98. The summed E-state index contributed by atoms with van der Waals surface area (Å²) in [5, 5.41) is 3.45. The number of nitrogens with zero attached hydrogens (tertiary/aromatic N) is 1. The highest BCUT2D eigenvalue weighted by molar-refractivity contribution is 4.93. The topological polar surface area (TPSA) is 40.7 Å². The van der Waals surface area contributed by atoms with Crippen molar-refractivity contribution in [1.29, 1.82) is 0 Å². The third kappa shape index (κ3) is 2.66. The van der Waals surface area contributed by atoms with Gasteiger partial charge in [0.05, 0.1) is 6.33 Å². The summed E-state index contributed by atoms with van der Waals surface area (Å²) < 4.78 is 0. The summed E-state index contributed by atoms with van der Waals surface area (Å²) >= 11 is 0. The van der Waals surface area contributed by atoms with E-state index in [9.17, 15) is 0 Å². The van der Waals surface area contributed by atoms with Crippen molar-refractivity contribution in [3.8, 4) is 0 Å². The fourth-order valence-electron chi connectivity index (χ4n) is 1.21. The summed E-state index contributed by atoms with van der Waals surface area (Å²) in [6, 6.07) is 0.633. The lowest BCUT2D eigenvalue weighted by Gasteiger charge is -2.13. The largest absolute Gasteiger partial charge is 0.347 e. The van der Waals surface area contributed by atoms with Crippen LogP contribution < -0.4 is 5.32 Å². The zero-order valence-corrected chi connectivity index (χ0v) is 7.80. The second-order valence-electron chi connectivity index (χ2n) is 2.97. The first-order chi connectivity index (χ1) is 5.86. The van der Waals surface area contributed by atoms with Crippen LogP contribution in [0.5, 0.6) is 0 Å². The molecule has 0 spiro atoms. The van der Waals surface area contributed by atoms with Crippen molar-refractivity contribution in [2.45, 2.75) is 39.3 Å². The molecule has 1 aromatic rings. The molecule has 3 nitrogen and oxygen atoms in total. The van der Waals surface area contributed by atoms with Crippen LogP contribution in [0.1, 0.15) is 32.4 Å². The minimum absolute atomic E-state index is 0.633. The first-order valence-corrected chi connectivity index (χ1v) is 4.57. The van der Waals surface area contributed by atoms with Crippen molar-refractivity contribution >= 4 is 0 Å². The van der Waals surface area contributed by atoms with Gasteiger partial charge in [-0.3, -0.25) is 0 Å². The number of hydrogen-bond donors (Lipinski definition) is 2. The van der Waals surface area contributed by atoms with Gasteiger partial charge in [0.15, 0.2) is 0 Å². The molecule has 12 heavy (non-hydrogen) atoms. The molecule has 1 aromatic heterocycles. The lowest BCUT2D eigenvalue weighted by molar-refractivity contribution is 0.481. The number of aromatic amines is 1. The van der Waals surface area contributed by atoms with E-state index in [0.717, 1.165) is 12.2 Å². The van der Waals surface area contributed by atoms with Gasteiger partial charge in [-0.05, 0) is 12.8 Å². The average molecular weight is 167 g/mol. The number of hydrogen-bond acceptors (Lipinski definition) is 2. The van der Waals surface area contributed by atoms with Gasteiger partial charge in [0.1, 0.15) is 0 Å². The predicted octanol–water partition coefficient (Wildman–Crippen LogP) is 1.69. The van der Waals surface area contributed by atoms with Crippen LogP contribution in [0.2, 0.25) is 0 Å². The normalized spacial score (nSPS) is 10.9. The monoisotopic (exact) mass is 167 g/mol. The summed E-state index contributed by atoms with van der Waals surface area (Å²) in [5.74, 6) is 0. The maximum atomic E-state index is 3.96. The Bertz CT molecular complexity index is 190. The van der Waals surface area contributed by atoms with Gasteiger partial charge in [-0.15, -0.1) is 0 Å². The van der Waals surface area contributed by atoms with Crippen LogP contribution in [-0.2, 0) is 6.54 Å². The molecule has 1 heterocycles. The Hall–Kier alpha value is -0.830. The van der Waals surface area contributed by atoms with Gasteiger partial charge in [0, 0.05) is 24.5 Å². The fraction of sp³-hybridized carbons (Fsp3) is 0.667. The predicted molar refractivity (Wildman–Crippen MR) is 49.8 cm³/mol. The number of imidazole rings is 1. The Kier molecular flexibility index (Phi) is 3.80. The Morgan fingerprint density at radius 2 is 2.25 bits per heavy atom. The molecule has 3 heteroatoms. The van der Waals surface area contributed by atoms with Crippen molar-refractivity contribution in [2.24, 2.45) is 0 Å². The first kappa shape index (κ1) is 9.26. The highest BCUT2D eigenvalue weighted by atomic mass is 15.0.